The van der Waals surface area contributed by atoms with Crippen LogP contribution in [0.1, 0.15) is 42.6 Å². The number of carbonyl (C=O) groups is 2. The molecular weight excluding hydrogens is 406 g/mol. The van der Waals surface area contributed by atoms with Crippen LogP contribution in [-0.4, -0.2) is 43.5 Å². The molecule has 6 nitrogen and oxygen atoms in total. The van der Waals surface area contributed by atoms with Crippen LogP contribution in [0.2, 0.25) is 0 Å². The van der Waals surface area contributed by atoms with Crippen LogP contribution in [0.4, 0.5) is 8.78 Å². The molecule has 0 aliphatic rings. The van der Waals surface area contributed by atoms with Crippen LogP contribution in [0.25, 0.3) is 0 Å². The molecule has 0 saturated heterocycles. The Morgan fingerprint density at radius 3 is 2.48 bits per heavy atom. The maximum Gasteiger partial charge on any atom is 0.254 e. The highest BCUT2D eigenvalue weighted by Crippen LogP contribution is 2.28. The van der Waals surface area contributed by atoms with Crippen LogP contribution in [0.15, 0.2) is 36.4 Å². The van der Waals surface area contributed by atoms with Crippen molar-refractivity contribution in [1.82, 2.24) is 10.2 Å². The van der Waals surface area contributed by atoms with E-state index < -0.39 is 17.5 Å². The van der Waals surface area contributed by atoms with E-state index in [0.717, 1.165) is 17.7 Å². The molecule has 0 radical (unpaired) electrons. The first kappa shape index (κ1) is 24.1. The highest BCUT2D eigenvalue weighted by molar-refractivity contribution is 5.94. The fourth-order valence-electron chi connectivity index (χ4n) is 3.05. The van der Waals surface area contributed by atoms with Gasteiger partial charge in [0, 0.05) is 32.1 Å². The summed E-state index contributed by atoms with van der Waals surface area (Å²) in [5.74, 6) is -1.10. The normalized spacial score (nSPS) is 10.5. The summed E-state index contributed by atoms with van der Waals surface area (Å²) >= 11 is 0. The number of rotatable bonds is 11. The summed E-state index contributed by atoms with van der Waals surface area (Å²) in [5.41, 5.74) is 0.683. The van der Waals surface area contributed by atoms with Gasteiger partial charge in [0.2, 0.25) is 5.91 Å². The molecule has 0 aliphatic heterocycles. The monoisotopic (exact) mass is 434 g/mol. The second-order valence-electron chi connectivity index (χ2n) is 6.81. The van der Waals surface area contributed by atoms with Crippen molar-refractivity contribution in [2.45, 2.75) is 33.2 Å². The molecule has 168 valence electrons. The number of methoxy groups -OCH3 is 1. The third-order valence-corrected chi connectivity index (χ3v) is 4.66. The Hall–Kier alpha value is -3.16. The van der Waals surface area contributed by atoms with Crippen LogP contribution in [0.3, 0.4) is 0 Å². The Labute approximate surface area is 181 Å². The van der Waals surface area contributed by atoms with Crippen molar-refractivity contribution in [2.75, 3.05) is 26.8 Å². The number of nitrogens with one attached hydrogen (secondary N) is 1. The number of carbonyl (C=O) groups excluding carboxylic acids is 2. The highest BCUT2D eigenvalue weighted by atomic mass is 19.1. The first-order valence-electron chi connectivity index (χ1n) is 10.2. The molecule has 0 fully saturated rings. The molecule has 2 aromatic rings. The van der Waals surface area contributed by atoms with Crippen LogP contribution in [0, 0.1) is 11.6 Å². The van der Waals surface area contributed by atoms with Gasteiger partial charge in [0.15, 0.2) is 11.5 Å². The molecular formula is C23H28F2N2O4. The van der Waals surface area contributed by atoms with Gasteiger partial charge in [-0.2, -0.15) is 0 Å². The van der Waals surface area contributed by atoms with Gasteiger partial charge in [0.1, 0.15) is 11.6 Å². The first-order chi connectivity index (χ1) is 14.9. The minimum absolute atomic E-state index is 0.0578. The van der Waals surface area contributed by atoms with Crippen LogP contribution < -0.4 is 14.8 Å². The molecule has 0 bridgehead atoms. The minimum Gasteiger partial charge on any atom is -0.493 e. The van der Waals surface area contributed by atoms with E-state index in [1.54, 1.807) is 12.0 Å². The number of hydrogen-bond donors (Lipinski definition) is 1. The van der Waals surface area contributed by atoms with Crippen molar-refractivity contribution in [3.05, 3.63) is 59.2 Å². The summed E-state index contributed by atoms with van der Waals surface area (Å²) in [6.45, 7) is 5.47. The zero-order valence-electron chi connectivity index (χ0n) is 18.0. The van der Waals surface area contributed by atoms with Crippen molar-refractivity contribution in [3.8, 4) is 11.5 Å². The van der Waals surface area contributed by atoms with Crippen LogP contribution >= 0.6 is 0 Å². The lowest BCUT2D eigenvalue weighted by Gasteiger charge is -2.22. The zero-order valence-corrected chi connectivity index (χ0v) is 18.0. The topological polar surface area (TPSA) is 67.9 Å². The lowest BCUT2D eigenvalue weighted by Crippen LogP contribution is -2.31. The van der Waals surface area contributed by atoms with Crippen molar-refractivity contribution < 1.29 is 27.8 Å². The quantitative estimate of drug-likeness (QED) is 0.544. The number of amides is 2. The predicted molar refractivity (Wildman–Crippen MR) is 113 cm³/mol. The summed E-state index contributed by atoms with van der Waals surface area (Å²) in [7, 11) is 1.57. The Morgan fingerprint density at radius 1 is 1.06 bits per heavy atom. The summed E-state index contributed by atoms with van der Waals surface area (Å²) in [4.78, 5) is 26.3. The Bertz CT molecular complexity index is 905. The van der Waals surface area contributed by atoms with Crippen LogP contribution in [0.5, 0.6) is 11.5 Å². The van der Waals surface area contributed by atoms with Crippen LogP contribution in [-0.2, 0) is 11.3 Å². The van der Waals surface area contributed by atoms with E-state index in [1.807, 2.05) is 32.0 Å². The third-order valence-electron chi connectivity index (χ3n) is 4.66. The van der Waals surface area contributed by atoms with Crippen molar-refractivity contribution in [3.63, 3.8) is 0 Å². The molecule has 0 spiro atoms. The molecule has 31 heavy (non-hydrogen) atoms. The average Bonchev–Trinajstić information content (AvgIpc) is 2.75. The van der Waals surface area contributed by atoms with Gasteiger partial charge >= 0.3 is 0 Å². The number of nitrogens with zero attached hydrogens (tertiary/aromatic N) is 1. The molecule has 2 aromatic carbocycles. The lowest BCUT2D eigenvalue weighted by atomic mass is 10.1. The maximum absolute atomic E-state index is 13.6. The summed E-state index contributed by atoms with van der Waals surface area (Å²) < 4.78 is 37.4. The smallest absolute Gasteiger partial charge is 0.254 e. The Morgan fingerprint density at radius 2 is 1.84 bits per heavy atom. The summed E-state index contributed by atoms with van der Waals surface area (Å²) in [6, 6.07) is 8.33. The van der Waals surface area contributed by atoms with Gasteiger partial charge < -0.3 is 19.7 Å². The maximum atomic E-state index is 13.6. The second kappa shape index (κ2) is 11.9. The molecule has 8 heteroatoms. The Balaban J connectivity index is 1.85. The second-order valence-corrected chi connectivity index (χ2v) is 6.81. The third kappa shape index (κ3) is 6.94. The van der Waals surface area contributed by atoms with Gasteiger partial charge in [0.05, 0.1) is 19.3 Å². The van der Waals surface area contributed by atoms with E-state index >= 15 is 0 Å². The van der Waals surface area contributed by atoms with E-state index in [4.69, 9.17) is 9.47 Å². The van der Waals surface area contributed by atoms with E-state index in [1.165, 1.54) is 0 Å². The molecule has 1 N–H and O–H groups in total. The fraction of sp³-hybridized carbons (Fsp3) is 0.391. The summed E-state index contributed by atoms with van der Waals surface area (Å²) in [6.07, 6.45) is 0.630. The molecule has 0 atom stereocenters. The van der Waals surface area contributed by atoms with Gasteiger partial charge in [0.25, 0.3) is 5.91 Å². The van der Waals surface area contributed by atoms with Gasteiger partial charge in [-0.15, -0.1) is 0 Å². The van der Waals surface area contributed by atoms with Gasteiger partial charge in [-0.25, -0.2) is 8.78 Å². The molecule has 0 aliphatic carbocycles. The largest absolute Gasteiger partial charge is 0.493 e. The Kier molecular flexibility index (Phi) is 9.24. The molecule has 2 amide bonds. The standard InChI is InChI=1S/C23H28F2N2O4/c1-4-27(15-16-8-11-20(31-5-2)21(13-16)30-3)22(28)7-6-12-26-23(29)18-10-9-17(24)14-19(18)25/h8-11,13-14H,4-7,12,15H2,1-3H3,(H,26,29). The summed E-state index contributed by atoms with van der Waals surface area (Å²) in [5, 5.41) is 2.55. The molecule has 0 aromatic heterocycles. The molecule has 2 rings (SSSR count). The lowest BCUT2D eigenvalue weighted by molar-refractivity contribution is -0.131. The predicted octanol–water partition coefficient (Wildman–Crippen LogP) is 3.93. The number of hydrogen-bond acceptors (Lipinski definition) is 4. The van der Waals surface area contributed by atoms with Gasteiger partial charge in [-0.05, 0) is 50.1 Å². The van der Waals surface area contributed by atoms with E-state index in [2.05, 4.69) is 5.32 Å². The van der Waals surface area contributed by atoms with Crippen molar-refractivity contribution in [1.29, 1.82) is 0 Å². The van der Waals surface area contributed by atoms with E-state index in [-0.39, 0.29) is 24.4 Å². The van der Waals surface area contributed by atoms with E-state index in [0.29, 0.717) is 43.7 Å². The van der Waals surface area contributed by atoms with E-state index in [9.17, 15) is 18.4 Å². The SMILES string of the molecule is CCOc1ccc(CN(CC)C(=O)CCCNC(=O)c2ccc(F)cc2F)cc1OC. The number of ether oxygens (including phenoxy) is 2. The highest BCUT2D eigenvalue weighted by Gasteiger charge is 2.15. The zero-order chi connectivity index (χ0) is 22.8. The minimum atomic E-state index is -0.920. The first-order valence-corrected chi connectivity index (χ1v) is 10.2. The average molecular weight is 434 g/mol. The van der Waals surface area contributed by atoms with Crippen molar-refractivity contribution >= 4 is 11.8 Å². The molecule has 0 unspecified atom stereocenters. The number of benzene rings is 2. The fourth-order valence-corrected chi connectivity index (χ4v) is 3.05. The number of halogens is 2. The van der Waals surface area contributed by atoms with Gasteiger partial charge in [-0.3, -0.25) is 9.59 Å². The molecule has 0 heterocycles. The van der Waals surface area contributed by atoms with Gasteiger partial charge in [-0.1, -0.05) is 6.07 Å². The molecule has 0 saturated carbocycles. The van der Waals surface area contributed by atoms with Crippen molar-refractivity contribution in [2.24, 2.45) is 0 Å².